The van der Waals surface area contributed by atoms with Crippen LogP contribution in [-0.2, 0) is 24.2 Å². The zero-order valence-electron chi connectivity index (χ0n) is 9.07. The van der Waals surface area contributed by atoms with Crippen LogP contribution in [0.2, 0.25) is 0 Å². The first-order valence-corrected chi connectivity index (χ1v) is 4.90. The average Bonchev–Trinajstić information content (AvgIpc) is 2.95. The van der Waals surface area contributed by atoms with Crippen molar-refractivity contribution in [3.8, 4) is 0 Å². The first-order valence-electron chi connectivity index (χ1n) is 4.90. The Morgan fingerprint density at radius 2 is 1.56 bits per heavy atom. The third-order valence-corrected chi connectivity index (χ3v) is 1.73. The topological polar surface area (TPSA) is 26.3 Å². The van der Waals surface area contributed by atoms with Crippen molar-refractivity contribution in [1.29, 1.82) is 0 Å². The molecule has 2 rings (SSSR count). The van der Waals surface area contributed by atoms with Gasteiger partial charge in [0.05, 0.1) is 6.61 Å². The van der Waals surface area contributed by atoms with Crippen LogP contribution in [0.15, 0.2) is 54.6 Å². The van der Waals surface area contributed by atoms with Gasteiger partial charge in [0.1, 0.15) is 0 Å². The second-order valence-corrected chi connectivity index (χ2v) is 2.86. The Morgan fingerprint density at radius 1 is 1.12 bits per heavy atom. The molecule has 16 heavy (non-hydrogen) atoms. The van der Waals surface area contributed by atoms with Crippen molar-refractivity contribution in [2.45, 2.75) is 6.92 Å². The molecule has 0 unspecified atom stereocenters. The van der Waals surface area contributed by atoms with Gasteiger partial charge in [-0.1, -0.05) is 5.56 Å². The van der Waals surface area contributed by atoms with E-state index in [2.05, 4.69) is 0 Å². The number of carbonyl (C=O) groups excluding carboxylic acids is 1. The average molecular weight is 303 g/mol. The maximum absolute atomic E-state index is 10.9. The molecule has 2 nitrogen and oxygen atoms in total. The molecular formula is C13H14O2Ru-6. The minimum Gasteiger partial charge on any atom is -0.748 e. The van der Waals surface area contributed by atoms with Gasteiger partial charge in [-0.2, -0.15) is 12.1 Å². The fourth-order valence-electron chi connectivity index (χ4n) is 1.05. The number of hydrogen-bond donors (Lipinski definition) is 0. The summed E-state index contributed by atoms with van der Waals surface area (Å²) < 4.78 is 4.75. The Hall–Kier alpha value is -1.21. The summed E-state index contributed by atoms with van der Waals surface area (Å²) in [4.78, 5) is 10.9. The van der Waals surface area contributed by atoms with E-state index in [1.165, 1.54) is 0 Å². The van der Waals surface area contributed by atoms with Gasteiger partial charge in [-0.3, -0.25) is 4.79 Å². The van der Waals surface area contributed by atoms with Gasteiger partial charge in [-0.25, -0.2) is 12.1 Å². The molecule has 0 aromatic heterocycles. The quantitative estimate of drug-likeness (QED) is 0.484. The SMILES string of the molecule is CCOC(=O)[c-]1cccc1.[Ru].[cH-]1[cH-][cH-][cH-][cH-]1. The van der Waals surface area contributed by atoms with Crippen LogP contribution in [0.25, 0.3) is 0 Å². The zero-order valence-corrected chi connectivity index (χ0v) is 10.8. The van der Waals surface area contributed by atoms with Crippen molar-refractivity contribution >= 4 is 5.97 Å². The van der Waals surface area contributed by atoms with E-state index in [4.69, 9.17) is 4.74 Å². The van der Waals surface area contributed by atoms with Gasteiger partial charge in [0.15, 0.2) is 0 Å². The fourth-order valence-corrected chi connectivity index (χ4v) is 1.05. The normalized spacial score (nSPS) is 8.31. The van der Waals surface area contributed by atoms with E-state index in [0.717, 1.165) is 0 Å². The van der Waals surface area contributed by atoms with E-state index in [9.17, 15) is 4.79 Å². The van der Waals surface area contributed by atoms with Gasteiger partial charge < -0.3 is 35.1 Å². The van der Waals surface area contributed by atoms with Crippen LogP contribution in [0.1, 0.15) is 17.3 Å². The van der Waals surface area contributed by atoms with Crippen molar-refractivity contribution in [1.82, 2.24) is 0 Å². The predicted molar refractivity (Wildman–Crippen MR) is 60.0 cm³/mol. The maximum Gasteiger partial charge on any atom is 0.281 e. The van der Waals surface area contributed by atoms with Gasteiger partial charge in [0, 0.05) is 19.5 Å². The molecule has 0 spiro atoms. The van der Waals surface area contributed by atoms with E-state index in [1.807, 2.05) is 42.5 Å². The summed E-state index contributed by atoms with van der Waals surface area (Å²) in [5.74, 6) is -0.243. The van der Waals surface area contributed by atoms with Crippen molar-refractivity contribution in [3.63, 3.8) is 0 Å². The van der Waals surface area contributed by atoms with E-state index in [-0.39, 0.29) is 25.4 Å². The monoisotopic (exact) mass is 304 g/mol. The summed E-state index contributed by atoms with van der Waals surface area (Å²) in [5, 5.41) is 0. The summed E-state index contributed by atoms with van der Waals surface area (Å²) in [7, 11) is 0. The minimum atomic E-state index is -0.243. The predicted octanol–water partition coefficient (Wildman–Crippen LogP) is 2.99. The van der Waals surface area contributed by atoms with Crippen LogP contribution in [0.5, 0.6) is 0 Å². The largest absolute Gasteiger partial charge is 0.748 e. The molecule has 0 fully saturated rings. The van der Waals surface area contributed by atoms with Gasteiger partial charge >= 0.3 is 0 Å². The summed E-state index contributed by atoms with van der Waals surface area (Å²) in [5.41, 5.74) is 0.627. The van der Waals surface area contributed by atoms with Gasteiger partial charge in [0.2, 0.25) is 0 Å². The van der Waals surface area contributed by atoms with Crippen molar-refractivity contribution < 1.29 is 29.0 Å². The molecule has 2 aromatic rings. The standard InChI is InChI=1S/C8H9O2.C5H5.Ru/c1-2-10-8(9)7-5-3-4-6-7;1-2-4-5-3-1;/h3-6H,2H2,1H3;1-5H;/q-1;-5;. The van der Waals surface area contributed by atoms with Crippen LogP contribution in [0.3, 0.4) is 0 Å². The molecule has 0 heterocycles. The summed E-state index contributed by atoms with van der Waals surface area (Å²) in [6.45, 7) is 2.23. The van der Waals surface area contributed by atoms with Crippen LogP contribution >= 0.6 is 0 Å². The molecule has 0 radical (unpaired) electrons. The fraction of sp³-hybridized carbons (Fsp3) is 0.154. The van der Waals surface area contributed by atoms with E-state index in [0.29, 0.717) is 12.2 Å². The van der Waals surface area contributed by atoms with Gasteiger partial charge in [-0.05, 0) is 6.92 Å². The van der Waals surface area contributed by atoms with Crippen molar-refractivity contribution in [2.75, 3.05) is 6.61 Å². The first-order chi connectivity index (χ1) is 7.34. The number of rotatable bonds is 2. The summed E-state index contributed by atoms with van der Waals surface area (Å²) >= 11 is 0. The molecule has 0 bridgehead atoms. The third-order valence-electron chi connectivity index (χ3n) is 1.73. The number of carbonyl (C=O) groups is 1. The summed E-state index contributed by atoms with van der Waals surface area (Å²) in [6, 6.07) is 17.1. The third kappa shape index (κ3) is 5.62. The number of hydrogen-bond acceptors (Lipinski definition) is 2. The Balaban J connectivity index is 0.000000318. The molecule has 92 valence electrons. The van der Waals surface area contributed by atoms with Gasteiger partial charge in [0.25, 0.3) is 5.97 Å². The van der Waals surface area contributed by atoms with Crippen LogP contribution in [-0.4, -0.2) is 12.6 Å². The molecule has 0 aliphatic heterocycles. The molecule has 2 aromatic carbocycles. The van der Waals surface area contributed by atoms with Gasteiger partial charge in [-0.15, -0.1) is 0 Å². The smallest absolute Gasteiger partial charge is 0.281 e. The number of esters is 1. The molecule has 3 heteroatoms. The number of ether oxygens (including phenoxy) is 1. The van der Waals surface area contributed by atoms with Crippen LogP contribution < -0.4 is 0 Å². The second kappa shape index (κ2) is 9.05. The van der Waals surface area contributed by atoms with Crippen LogP contribution in [0, 0.1) is 0 Å². The molecule has 0 saturated carbocycles. The van der Waals surface area contributed by atoms with Crippen molar-refractivity contribution in [3.05, 3.63) is 60.2 Å². The Bertz CT molecular complexity index is 332. The molecule has 0 N–H and O–H groups in total. The maximum atomic E-state index is 10.9. The van der Waals surface area contributed by atoms with E-state index >= 15 is 0 Å². The first kappa shape index (κ1) is 14.8. The van der Waals surface area contributed by atoms with Crippen molar-refractivity contribution in [2.24, 2.45) is 0 Å². The molecule has 0 aliphatic rings. The zero-order chi connectivity index (χ0) is 10.9. The minimum absolute atomic E-state index is 0. The molecule has 0 saturated heterocycles. The molecular weight excluding hydrogens is 289 g/mol. The Labute approximate surface area is 109 Å². The van der Waals surface area contributed by atoms with E-state index < -0.39 is 0 Å². The Kier molecular flexibility index (Phi) is 8.37. The van der Waals surface area contributed by atoms with E-state index in [1.54, 1.807) is 19.1 Å². The second-order valence-electron chi connectivity index (χ2n) is 2.86. The Morgan fingerprint density at radius 3 is 1.94 bits per heavy atom. The molecule has 0 aliphatic carbocycles. The molecule has 0 atom stereocenters. The van der Waals surface area contributed by atoms with Crippen LogP contribution in [0.4, 0.5) is 0 Å². The summed E-state index contributed by atoms with van der Waals surface area (Å²) in [6.07, 6.45) is 0. The molecule has 0 amide bonds.